The number of likely N-dealkylation sites (N-methyl/N-ethyl adjacent to an activating group) is 1. The van der Waals surface area contributed by atoms with Gasteiger partial charge in [0.1, 0.15) is 6.04 Å². The summed E-state index contributed by atoms with van der Waals surface area (Å²) >= 11 is 0. The van der Waals surface area contributed by atoms with Crippen molar-refractivity contribution in [1.29, 1.82) is 0 Å². The maximum Gasteiger partial charge on any atom is 0.321 e. The summed E-state index contributed by atoms with van der Waals surface area (Å²) in [7, 11) is 0.838. The fourth-order valence-corrected chi connectivity index (χ4v) is 4.45. The second-order valence-corrected chi connectivity index (χ2v) is 8.35. The van der Waals surface area contributed by atoms with Crippen molar-refractivity contribution in [2.75, 3.05) is 38.7 Å². The predicted octanol–water partition coefficient (Wildman–Crippen LogP) is 0.146. The van der Waals surface area contributed by atoms with Gasteiger partial charge in [0.2, 0.25) is 0 Å². The molecule has 1 saturated heterocycles. The molecule has 1 aliphatic rings. The van der Waals surface area contributed by atoms with Gasteiger partial charge in [-0.3, -0.25) is 9.69 Å². The van der Waals surface area contributed by atoms with E-state index in [4.69, 9.17) is 0 Å². The van der Waals surface area contributed by atoms with Gasteiger partial charge in [0.05, 0.1) is 11.5 Å². The molecule has 0 aliphatic carbocycles. The van der Waals surface area contributed by atoms with Gasteiger partial charge < -0.3 is 10.0 Å². The summed E-state index contributed by atoms with van der Waals surface area (Å²) in [5, 5.41) is 9.47. The van der Waals surface area contributed by atoms with Crippen LogP contribution in [-0.2, 0) is 14.6 Å². The molecule has 0 aromatic rings. The molecule has 0 aromatic heterocycles. The molecule has 7 heteroatoms. The molecule has 6 nitrogen and oxygen atoms in total. The quantitative estimate of drug-likeness (QED) is 0.721. The Morgan fingerprint density at radius 1 is 1.30 bits per heavy atom. The van der Waals surface area contributed by atoms with E-state index in [0.29, 0.717) is 19.5 Å². The van der Waals surface area contributed by atoms with Crippen LogP contribution in [0.25, 0.3) is 0 Å². The van der Waals surface area contributed by atoms with Crippen molar-refractivity contribution in [2.24, 2.45) is 5.92 Å². The smallest absolute Gasteiger partial charge is 0.321 e. The van der Waals surface area contributed by atoms with Crippen molar-refractivity contribution in [1.82, 2.24) is 9.80 Å². The molecule has 1 N–H and O–H groups in total. The minimum atomic E-state index is -3.01. The number of aliphatic carboxylic acids is 1. The predicted molar refractivity (Wildman–Crippen MR) is 78.6 cm³/mol. The number of hydrogen-bond acceptors (Lipinski definition) is 5. The Kier molecular flexibility index (Phi) is 5.97. The van der Waals surface area contributed by atoms with Crippen LogP contribution in [0.2, 0.25) is 0 Å². The molecule has 0 saturated carbocycles. The molecule has 1 heterocycles. The van der Waals surface area contributed by atoms with Crippen LogP contribution in [0.3, 0.4) is 0 Å². The molecule has 118 valence electrons. The third kappa shape index (κ3) is 4.71. The van der Waals surface area contributed by atoms with Gasteiger partial charge in [0, 0.05) is 19.1 Å². The third-order valence-corrected chi connectivity index (χ3v) is 5.47. The zero-order valence-corrected chi connectivity index (χ0v) is 13.6. The average Bonchev–Trinajstić information content (AvgIpc) is 2.63. The van der Waals surface area contributed by atoms with Gasteiger partial charge >= 0.3 is 5.97 Å². The average molecular weight is 306 g/mol. The van der Waals surface area contributed by atoms with Crippen LogP contribution in [0.1, 0.15) is 20.3 Å². The lowest BCUT2D eigenvalue weighted by Gasteiger charge is -2.36. The largest absolute Gasteiger partial charge is 0.480 e. The molecule has 0 amide bonds. The molecule has 1 fully saturated rings. The summed E-state index contributed by atoms with van der Waals surface area (Å²) in [6.45, 7) is 5.02. The van der Waals surface area contributed by atoms with Crippen molar-refractivity contribution in [2.45, 2.75) is 32.4 Å². The van der Waals surface area contributed by atoms with Gasteiger partial charge in [-0.15, -0.1) is 0 Å². The van der Waals surface area contributed by atoms with Gasteiger partial charge in [0.15, 0.2) is 9.84 Å². The molecule has 2 unspecified atom stereocenters. The fourth-order valence-electron chi connectivity index (χ4n) is 2.71. The summed E-state index contributed by atoms with van der Waals surface area (Å²) in [6.07, 6.45) is 0.534. The number of carboxylic acids is 1. The maximum absolute atomic E-state index is 11.7. The summed E-state index contributed by atoms with van der Waals surface area (Å²) in [5.41, 5.74) is 0. The number of nitrogens with zero attached hydrogens (tertiary/aromatic N) is 2. The summed E-state index contributed by atoms with van der Waals surface area (Å²) in [4.78, 5) is 15.4. The Morgan fingerprint density at radius 2 is 1.90 bits per heavy atom. The second kappa shape index (κ2) is 6.87. The maximum atomic E-state index is 11.7. The highest BCUT2D eigenvalue weighted by atomic mass is 32.2. The third-order valence-electron chi connectivity index (χ3n) is 3.72. The Balaban J connectivity index is 2.92. The van der Waals surface area contributed by atoms with Gasteiger partial charge in [-0.05, 0) is 26.4 Å². The van der Waals surface area contributed by atoms with E-state index in [1.165, 1.54) is 0 Å². The van der Waals surface area contributed by atoms with Crippen molar-refractivity contribution in [3.63, 3.8) is 0 Å². The molecule has 0 radical (unpaired) electrons. The Bertz CT molecular complexity index is 434. The Labute approximate surface area is 121 Å². The van der Waals surface area contributed by atoms with E-state index in [2.05, 4.69) is 0 Å². The van der Waals surface area contributed by atoms with Gasteiger partial charge in [-0.1, -0.05) is 13.8 Å². The highest BCUT2D eigenvalue weighted by Gasteiger charge is 2.39. The number of carboxylic acid groups (broad SMARTS) is 1. The molecular weight excluding hydrogens is 280 g/mol. The highest BCUT2D eigenvalue weighted by Crippen LogP contribution is 2.23. The first kappa shape index (κ1) is 17.4. The molecular formula is C13H26N2O4S. The topological polar surface area (TPSA) is 77.9 Å². The van der Waals surface area contributed by atoms with Crippen molar-refractivity contribution in [3.8, 4) is 0 Å². The van der Waals surface area contributed by atoms with Crippen molar-refractivity contribution in [3.05, 3.63) is 0 Å². The Morgan fingerprint density at radius 3 is 2.25 bits per heavy atom. The van der Waals surface area contributed by atoms with Crippen LogP contribution in [0.5, 0.6) is 0 Å². The number of carbonyl (C=O) groups is 1. The van der Waals surface area contributed by atoms with Gasteiger partial charge in [-0.25, -0.2) is 8.42 Å². The van der Waals surface area contributed by atoms with Gasteiger partial charge in [-0.2, -0.15) is 0 Å². The number of hydrogen-bond donors (Lipinski definition) is 1. The van der Waals surface area contributed by atoms with Crippen LogP contribution < -0.4 is 0 Å². The van der Waals surface area contributed by atoms with Crippen molar-refractivity contribution >= 4 is 15.8 Å². The lowest BCUT2D eigenvalue weighted by molar-refractivity contribution is -0.146. The monoisotopic (exact) mass is 306 g/mol. The minimum Gasteiger partial charge on any atom is -0.480 e. The molecule has 1 rings (SSSR count). The van der Waals surface area contributed by atoms with E-state index in [-0.39, 0.29) is 23.5 Å². The lowest BCUT2D eigenvalue weighted by Crippen LogP contribution is -2.52. The second-order valence-electron chi connectivity index (χ2n) is 6.13. The summed E-state index contributed by atoms with van der Waals surface area (Å²) < 4.78 is 23.3. The van der Waals surface area contributed by atoms with Crippen LogP contribution in [0, 0.1) is 5.92 Å². The first-order chi connectivity index (χ1) is 9.14. The van der Waals surface area contributed by atoms with Crippen LogP contribution in [0.4, 0.5) is 0 Å². The van der Waals surface area contributed by atoms with Crippen LogP contribution in [-0.4, -0.2) is 80.1 Å². The minimum absolute atomic E-state index is 0.0574. The van der Waals surface area contributed by atoms with Crippen molar-refractivity contribution < 1.29 is 18.3 Å². The zero-order valence-electron chi connectivity index (χ0n) is 12.7. The molecule has 0 aromatic carbocycles. The molecule has 0 spiro atoms. The normalized spacial score (nSPS) is 23.6. The SMILES string of the molecule is CC(C)C(C(=O)O)N(CCN(C)C)C1CCS(=O)(=O)C1. The first-order valence-corrected chi connectivity index (χ1v) is 8.80. The Hall–Kier alpha value is -0.660. The van der Waals surface area contributed by atoms with E-state index in [1.807, 2.05) is 37.7 Å². The molecule has 2 atom stereocenters. The van der Waals surface area contributed by atoms with E-state index < -0.39 is 21.8 Å². The van der Waals surface area contributed by atoms with Crippen LogP contribution in [0.15, 0.2) is 0 Å². The fraction of sp³-hybridized carbons (Fsp3) is 0.923. The lowest BCUT2D eigenvalue weighted by atomic mass is 10.00. The van der Waals surface area contributed by atoms with E-state index in [0.717, 1.165) is 0 Å². The van der Waals surface area contributed by atoms with E-state index >= 15 is 0 Å². The van der Waals surface area contributed by atoms with Gasteiger partial charge in [0.25, 0.3) is 0 Å². The number of sulfone groups is 1. The zero-order chi connectivity index (χ0) is 15.5. The van der Waals surface area contributed by atoms with E-state index in [1.54, 1.807) is 0 Å². The standard InChI is InChI=1S/C13H26N2O4S/c1-10(2)12(13(16)17)15(7-6-14(3)4)11-5-8-20(18,19)9-11/h10-12H,5-9H2,1-4H3,(H,16,17). The summed E-state index contributed by atoms with van der Waals surface area (Å²) in [6, 6.07) is -0.809. The van der Waals surface area contributed by atoms with E-state index in [9.17, 15) is 18.3 Å². The molecule has 20 heavy (non-hydrogen) atoms. The van der Waals surface area contributed by atoms with Crippen LogP contribution >= 0.6 is 0 Å². The summed E-state index contributed by atoms with van der Waals surface area (Å²) in [5.74, 6) is -0.682. The molecule has 1 aliphatic heterocycles. The highest BCUT2D eigenvalue weighted by molar-refractivity contribution is 7.91. The first-order valence-electron chi connectivity index (χ1n) is 6.97. The molecule has 0 bridgehead atoms. The number of rotatable bonds is 7.